The second kappa shape index (κ2) is 14.3. The molecule has 1 heteroatoms. The van der Waals surface area contributed by atoms with E-state index in [1.165, 1.54) is 57.8 Å². The first-order valence-corrected chi connectivity index (χ1v) is 12.1. The second-order valence-electron chi connectivity index (χ2n) is 7.73. The van der Waals surface area contributed by atoms with Crippen LogP contribution in [0.15, 0.2) is 6.07 Å². The SMILES string of the molecule is CC[c-]1[c-](CC)[c-](CC)[c-](CC)[c-]1CC.CCc1c[c-](CC)c(CC)c1CC.[Fe]. The van der Waals surface area contributed by atoms with Gasteiger partial charge in [-0.15, -0.1) is 0 Å². The van der Waals surface area contributed by atoms with E-state index in [-0.39, 0.29) is 17.1 Å². The second-order valence-corrected chi connectivity index (χ2v) is 7.73. The van der Waals surface area contributed by atoms with Crippen molar-refractivity contribution in [3.05, 3.63) is 56.1 Å². The van der Waals surface area contributed by atoms with Crippen LogP contribution in [-0.4, -0.2) is 0 Å². The zero-order valence-electron chi connectivity index (χ0n) is 20.8. The number of rotatable bonds is 9. The van der Waals surface area contributed by atoms with Gasteiger partial charge in [0, 0.05) is 17.1 Å². The normalized spacial score (nSPS) is 10.5. The van der Waals surface area contributed by atoms with Crippen molar-refractivity contribution < 1.29 is 17.1 Å². The van der Waals surface area contributed by atoms with Crippen molar-refractivity contribution in [2.24, 2.45) is 0 Å². The van der Waals surface area contributed by atoms with E-state index < -0.39 is 0 Å². The molecule has 29 heavy (non-hydrogen) atoms. The minimum absolute atomic E-state index is 0. The first kappa shape index (κ1) is 28.2. The summed E-state index contributed by atoms with van der Waals surface area (Å²) in [5.41, 5.74) is 14.7. The van der Waals surface area contributed by atoms with Crippen LogP contribution in [-0.2, 0) is 74.9 Å². The summed E-state index contributed by atoms with van der Waals surface area (Å²) < 4.78 is 0. The zero-order valence-corrected chi connectivity index (χ0v) is 21.9. The molecule has 0 aliphatic heterocycles. The Morgan fingerprint density at radius 2 is 0.897 bits per heavy atom. The number of hydrogen-bond acceptors (Lipinski definition) is 0. The van der Waals surface area contributed by atoms with Gasteiger partial charge in [0.25, 0.3) is 0 Å². The van der Waals surface area contributed by atoms with Gasteiger partial charge in [-0.05, 0) is 0 Å². The molecule has 0 aromatic heterocycles. The van der Waals surface area contributed by atoms with Gasteiger partial charge in [-0.1, -0.05) is 88.0 Å². The third-order valence-electron chi connectivity index (χ3n) is 6.55. The van der Waals surface area contributed by atoms with Gasteiger partial charge < -0.3 is 27.8 Å². The molecule has 0 heterocycles. The van der Waals surface area contributed by atoms with Crippen LogP contribution in [0.25, 0.3) is 0 Å². The van der Waals surface area contributed by atoms with Crippen molar-refractivity contribution in [2.45, 2.75) is 120 Å². The Bertz CT molecular complexity index is 593. The van der Waals surface area contributed by atoms with E-state index in [0.717, 1.165) is 0 Å². The molecular weight excluding hydrogens is 392 g/mol. The summed E-state index contributed by atoms with van der Waals surface area (Å²) in [4.78, 5) is 0. The Balaban J connectivity index is 0.000000527. The smallest absolute Gasteiger partial charge is 0 e. The van der Waals surface area contributed by atoms with Crippen molar-refractivity contribution in [3.8, 4) is 0 Å². The fraction of sp³-hybridized carbons (Fsp3) is 0.643. The summed E-state index contributed by atoms with van der Waals surface area (Å²) in [6.07, 6.45) is 10.8. The van der Waals surface area contributed by atoms with Crippen LogP contribution in [0.4, 0.5) is 0 Å². The maximum atomic E-state index is 2.41. The van der Waals surface area contributed by atoms with Crippen molar-refractivity contribution in [1.82, 2.24) is 0 Å². The summed E-state index contributed by atoms with van der Waals surface area (Å²) in [5, 5.41) is 0. The Kier molecular flexibility index (Phi) is 13.9. The van der Waals surface area contributed by atoms with Crippen molar-refractivity contribution in [3.63, 3.8) is 0 Å². The molecule has 2 aromatic rings. The van der Waals surface area contributed by atoms with E-state index in [1.807, 2.05) is 0 Å². The average Bonchev–Trinajstić information content (AvgIpc) is 3.26. The summed E-state index contributed by atoms with van der Waals surface area (Å²) >= 11 is 0. The maximum Gasteiger partial charge on any atom is 0 e. The Morgan fingerprint density at radius 3 is 1.10 bits per heavy atom. The molecule has 0 nitrogen and oxygen atoms in total. The molecule has 2 rings (SSSR count). The summed E-state index contributed by atoms with van der Waals surface area (Å²) in [6, 6.07) is 2.41. The van der Waals surface area contributed by atoms with Crippen molar-refractivity contribution >= 4 is 0 Å². The third kappa shape index (κ3) is 6.11. The van der Waals surface area contributed by atoms with Crippen molar-refractivity contribution in [2.75, 3.05) is 0 Å². The van der Waals surface area contributed by atoms with E-state index in [0.29, 0.717) is 0 Å². The fourth-order valence-corrected chi connectivity index (χ4v) is 5.33. The largest absolute Gasteiger partial charge is 0.728 e. The molecule has 172 valence electrons. The monoisotopic (exact) mass is 438 g/mol. The van der Waals surface area contributed by atoms with E-state index in [2.05, 4.69) is 68.4 Å². The van der Waals surface area contributed by atoms with Crippen LogP contribution in [0.5, 0.6) is 0 Å². The number of hydrogen-bond donors (Lipinski definition) is 0. The number of aryl methyl sites for hydroxylation is 2. The van der Waals surface area contributed by atoms with Gasteiger partial charge in [0.2, 0.25) is 0 Å². The van der Waals surface area contributed by atoms with Gasteiger partial charge in [-0.2, -0.15) is 28.3 Å². The van der Waals surface area contributed by atoms with Crippen LogP contribution < -0.4 is 0 Å². The van der Waals surface area contributed by atoms with Crippen molar-refractivity contribution in [1.29, 1.82) is 0 Å². The van der Waals surface area contributed by atoms with Crippen LogP contribution in [0.2, 0.25) is 0 Å². The molecule has 0 bridgehead atoms. The topological polar surface area (TPSA) is 0 Å². The fourth-order valence-electron chi connectivity index (χ4n) is 5.33. The van der Waals surface area contributed by atoms with Gasteiger partial charge in [-0.3, -0.25) is 0 Å². The summed E-state index contributed by atoms with van der Waals surface area (Å²) in [7, 11) is 0. The van der Waals surface area contributed by atoms with Crippen LogP contribution >= 0.6 is 0 Å². The molecule has 2 aromatic carbocycles. The summed E-state index contributed by atoms with van der Waals surface area (Å²) in [5.74, 6) is 0. The Morgan fingerprint density at radius 1 is 0.517 bits per heavy atom. The van der Waals surface area contributed by atoms with Gasteiger partial charge in [-0.25, -0.2) is 32.1 Å². The van der Waals surface area contributed by atoms with E-state index in [9.17, 15) is 0 Å². The van der Waals surface area contributed by atoms with E-state index >= 15 is 0 Å². The molecule has 0 aliphatic carbocycles. The van der Waals surface area contributed by atoms with Gasteiger partial charge in [0.1, 0.15) is 0 Å². The average molecular weight is 439 g/mol. The molecule has 0 saturated heterocycles. The third-order valence-corrected chi connectivity index (χ3v) is 6.55. The quantitative estimate of drug-likeness (QED) is 0.276. The molecule has 0 atom stereocenters. The molecule has 0 radical (unpaired) electrons. The molecule has 0 N–H and O–H groups in total. The van der Waals surface area contributed by atoms with Crippen LogP contribution in [0, 0.1) is 0 Å². The Hall–Kier alpha value is -0.781. The maximum absolute atomic E-state index is 2.41. The standard InChI is InChI=1S/C15H25.C13H21.Fe/c1-6-11-12(7-2)14(9-4)15(10-5)13(11)8-3;1-5-10-9-11(6-2)13(8-4)12(10)7-3;/h6-10H2,1-5H3;9H,5-8H2,1-4H3;/q-5;-1;. The molecule has 0 aliphatic rings. The molecule has 0 amide bonds. The summed E-state index contributed by atoms with van der Waals surface area (Å²) in [6.45, 7) is 20.5. The molecular formula is C28H46Fe-6. The minimum Gasteiger partial charge on any atom is -0.728 e. The van der Waals surface area contributed by atoms with Gasteiger partial charge in [0.05, 0.1) is 0 Å². The van der Waals surface area contributed by atoms with Gasteiger partial charge >= 0.3 is 0 Å². The molecule has 0 saturated carbocycles. The zero-order chi connectivity index (χ0) is 21.3. The molecule has 0 fully saturated rings. The van der Waals surface area contributed by atoms with Crippen LogP contribution in [0.3, 0.4) is 0 Å². The predicted molar refractivity (Wildman–Crippen MR) is 128 cm³/mol. The first-order chi connectivity index (χ1) is 13.5. The van der Waals surface area contributed by atoms with Crippen LogP contribution in [0.1, 0.15) is 112 Å². The predicted octanol–water partition coefficient (Wildman–Crippen LogP) is 7.87. The Labute approximate surface area is 193 Å². The van der Waals surface area contributed by atoms with E-state index in [1.54, 1.807) is 50.1 Å². The van der Waals surface area contributed by atoms with E-state index in [4.69, 9.17) is 0 Å². The molecule has 0 spiro atoms. The minimum atomic E-state index is 0. The van der Waals surface area contributed by atoms with Gasteiger partial charge in [0.15, 0.2) is 0 Å². The molecule has 0 unspecified atom stereocenters. The first-order valence-electron chi connectivity index (χ1n) is 12.1.